The van der Waals surface area contributed by atoms with Crippen LogP contribution >= 0.6 is 0 Å². The lowest BCUT2D eigenvalue weighted by atomic mass is 9.67. The number of amides is 2. The van der Waals surface area contributed by atoms with Crippen LogP contribution in [0.2, 0.25) is 0 Å². The molecule has 5 nitrogen and oxygen atoms in total. The average molecular weight is 355 g/mol. The molecule has 2 saturated heterocycles. The van der Waals surface area contributed by atoms with E-state index in [9.17, 15) is 9.59 Å². The summed E-state index contributed by atoms with van der Waals surface area (Å²) in [6, 6.07) is 10.7. The van der Waals surface area contributed by atoms with Crippen LogP contribution < -0.4 is 5.73 Å². The molecule has 140 valence electrons. The number of piperidine rings is 2. The monoisotopic (exact) mass is 355 g/mol. The second-order valence-corrected chi connectivity index (χ2v) is 8.28. The molecule has 26 heavy (non-hydrogen) atoms. The van der Waals surface area contributed by atoms with Gasteiger partial charge in [-0.15, -0.1) is 0 Å². The van der Waals surface area contributed by atoms with Gasteiger partial charge in [0, 0.05) is 38.6 Å². The van der Waals surface area contributed by atoms with Crippen molar-refractivity contribution in [3.63, 3.8) is 0 Å². The van der Waals surface area contributed by atoms with Crippen molar-refractivity contribution in [2.45, 2.75) is 50.5 Å². The van der Waals surface area contributed by atoms with Gasteiger partial charge in [-0.2, -0.15) is 0 Å². The lowest BCUT2D eigenvalue weighted by Gasteiger charge is -2.50. The normalized spacial score (nSPS) is 25.6. The Morgan fingerprint density at radius 1 is 1.15 bits per heavy atom. The number of nitrogens with two attached hydrogens (primary N) is 1. The first kappa shape index (κ1) is 17.5. The average Bonchev–Trinajstić information content (AvgIpc) is 3.50. The molecular weight excluding hydrogens is 326 g/mol. The fourth-order valence-electron chi connectivity index (χ4n) is 4.74. The highest BCUT2D eigenvalue weighted by molar-refractivity contribution is 5.85. The van der Waals surface area contributed by atoms with Gasteiger partial charge in [-0.05, 0) is 43.1 Å². The van der Waals surface area contributed by atoms with E-state index in [4.69, 9.17) is 5.73 Å². The number of benzene rings is 1. The van der Waals surface area contributed by atoms with Crippen molar-refractivity contribution < 1.29 is 9.59 Å². The Hall–Kier alpha value is -1.88. The molecule has 0 bridgehead atoms. The van der Waals surface area contributed by atoms with Crippen molar-refractivity contribution in [1.82, 2.24) is 9.80 Å². The van der Waals surface area contributed by atoms with Gasteiger partial charge >= 0.3 is 0 Å². The molecule has 1 atom stereocenters. The van der Waals surface area contributed by atoms with Crippen molar-refractivity contribution in [3.05, 3.63) is 35.9 Å². The van der Waals surface area contributed by atoms with Gasteiger partial charge in [0.05, 0.1) is 5.92 Å². The fraction of sp³-hybridized carbons (Fsp3) is 0.619. The highest BCUT2D eigenvalue weighted by Crippen LogP contribution is 2.48. The summed E-state index contributed by atoms with van der Waals surface area (Å²) in [5.74, 6) is 0.454. The fourth-order valence-corrected chi connectivity index (χ4v) is 4.74. The molecule has 1 saturated carbocycles. The summed E-state index contributed by atoms with van der Waals surface area (Å²) in [6.45, 7) is 2.89. The molecule has 1 spiro atoms. The van der Waals surface area contributed by atoms with Crippen LogP contribution in [0.1, 0.15) is 50.0 Å². The SMILES string of the molecule is NCCC(=O)N1CCC2(CC1)CC(c1ccccc1)C(=O)N(C1CC1)C2. The van der Waals surface area contributed by atoms with E-state index >= 15 is 0 Å². The maximum absolute atomic E-state index is 13.1. The topological polar surface area (TPSA) is 66.6 Å². The highest BCUT2D eigenvalue weighted by Gasteiger charge is 2.49. The Bertz CT molecular complexity index is 663. The number of rotatable bonds is 4. The molecule has 4 rings (SSSR count). The van der Waals surface area contributed by atoms with Crippen LogP contribution in [0.15, 0.2) is 30.3 Å². The van der Waals surface area contributed by atoms with Crippen LogP contribution in [0.4, 0.5) is 0 Å². The van der Waals surface area contributed by atoms with Gasteiger partial charge in [0.25, 0.3) is 0 Å². The molecule has 2 amide bonds. The van der Waals surface area contributed by atoms with E-state index in [1.807, 2.05) is 23.1 Å². The molecule has 5 heteroatoms. The largest absolute Gasteiger partial charge is 0.343 e. The standard InChI is InChI=1S/C21H29N3O2/c22-11-8-19(25)23-12-9-21(10-13-23)14-18(16-4-2-1-3-5-16)20(26)24(15-21)17-6-7-17/h1-5,17-18H,6-15,22H2. The van der Waals surface area contributed by atoms with Crippen LogP contribution in [0.3, 0.4) is 0 Å². The lowest BCUT2D eigenvalue weighted by molar-refractivity contribution is -0.145. The molecule has 1 aromatic carbocycles. The van der Waals surface area contributed by atoms with Gasteiger partial charge in [-0.25, -0.2) is 0 Å². The summed E-state index contributed by atoms with van der Waals surface area (Å²) < 4.78 is 0. The van der Waals surface area contributed by atoms with E-state index < -0.39 is 0 Å². The molecule has 1 aromatic rings. The van der Waals surface area contributed by atoms with E-state index in [-0.39, 0.29) is 17.2 Å². The molecular formula is C21H29N3O2. The van der Waals surface area contributed by atoms with E-state index in [2.05, 4.69) is 17.0 Å². The number of likely N-dealkylation sites (tertiary alicyclic amines) is 2. The zero-order valence-corrected chi connectivity index (χ0v) is 15.4. The summed E-state index contributed by atoms with van der Waals surface area (Å²) in [6.07, 6.45) is 5.62. The van der Waals surface area contributed by atoms with Crippen molar-refractivity contribution in [3.8, 4) is 0 Å². The maximum atomic E-state index is 13.1. The molecule has 3 fully saturated rings. The molecule has 0 radical (unpaired) electrons. The Kier molecular flexibility index (Phi) is 4.74. The minimum absolute atomic E-state index is 0.0307. The quantitative estimate of drug-likeness (QED) is 0.900. The van der Waals surface area contributed by atoms with Crippen molar-refractivity contribution >= 4 is 11.8 Å². The summed E-state index contributed by atoms with van der Waals surface area (Å²) >= 11 is 0. The van der Waals surface area contributed by atoms with Gasteiger partial charge in [-0.1, -0.05) is 30.3 Å². The van der Waals surface area contributed by atoms with Crippen LogP contribution in [0.25, 0.3) is 0 Å². The highest BCUT2D eigenvalue weighted by atomic mass is 16.2. The van der Waals surface area contributed by atoms with Crippen molar-refractivity contribution in [1.29, 1.82) is 0 Å². The van der Waals surface area contributed by atoms with Crippen LogP contribution in [0.5, 0.6) is 0 Å². The first-order valence-electron chi connectivity index (χ1n) is 9.95. The van der Waals surface area contributed by atoms with Crippen molar-refractivity contribution in [2.24, 2.45) is 11.1 Å². The molecule has 2 N–H and O–H groups in total. The first-order chi connectivity index (χ1) is 12.6. The third-order valence-corrected chi connectivity index (χ3v) is 6.45. The second kappa shape index (κ2) is 7.03. The molecule has 1 unspecified atom stereocenters. The number of carbonyl (C=O) groups excluding carboxylic acids is 2. The third-order valence-electron chi connectivity index (χ3n) is 6.45. The van der Waals surface area contributed by atoms with Gasteiger partial charge in [0.15, 0.2) is 0 Å². The minimum atomic E-state index is -0.0307. The molecule has 0 aromatic heterocycles. The number of carbonyl (C=O) groups is 2. The summed E-state index contributed by atoms with van der Waals surface area (Å²) in [5, 5.41) is 0. The van der Waals surface area contributed by atoms with E-state index in [1.165, 1.54) is 0 Å². The van der Waals surface area contributed by atoms with E-state index in [0.29, 0.717) is 24.9 Å². The van der Waals surface area contributed by atoms with Crippen LogP contribution in [0, 0.1) is 5.41 Å². The second-order valence-electron chi connectivity index (χ2n) is 8.28. The maximum Gasteiger partial charge on any atom is 0.230 e. The van der Waals surface area contributed by atoms with Crippen LogP contribution in [-0.4, -0.2) is 53.8 Å². The Morgan fingerprint density at radius 2 is 1.85 bits per heavy atom. The zero-order valence-electron chi connectivity index (χ0n) is 15.4. The summed E-state index contributed by atoms with van der Waals surface area (Å²) in [5.41, 5.74) is 6.83. The predicted molar refractivity (Wildman–Crippen MR) is 100 cm³/mol. The lowest BCUT2D eigenvalue weighted by Crippen LogP contribution is -2.55. The molecule has 1 aliphatic carbocycles. The minimum Gasteiger partial charge on any atom is -0.343 e. The van der Waals surface area contributed by atoms with Crippen molar-refractivity contribution in [2.75, 3.05) is 26.2 Å². The Morgan fingerprint density at radius 3 is 2.46 bits per heavy atom. The molecule has 2 aliphatic heterocycles. The van der Waals surface area contributed by atoms with Gasteiger partial charge in [0.2, 0.25) is 11.8 Å². The summed E-state index contributed by atoms with van der Waals surface area (Å²) in [7, 11) is 0. The van der Waals surface area contributed by atoms with Gasteiger partial charge in [-0.3, -0.25) is 9.59 Å². The summed E-state index contributed by atoms with van der Waals surface area (Å²) in [4.78, 5) is 29.4. The number of hydrogen-bond donors (Lipinski definition) is 1. The van der Waals surface area contributed by atoms with Gasteiger partial charge < -0.3 is 15.5 Å². The predicted octanol–water partition coefficient (Wildman–Crippen LogP) is 2.12. The molecule has 3 aliphatic rings. The van der Waals surface area contributed by atoms with Crippen LogP contribution in [-0.2, 0) is 9.59 Å². The smallest absolute Gasteiger partial charge is 0.230 e. The Labute approximate surface area is 155 Å². The number of hydrogen-bond acceptors (Lipinski definition) is 3. The first-order valence-corrected chi connectivity index (χ1v) is 9.95. The van der Waals surface area contributed by atoms with E-state index in [1.54, 1.807) is 0 Å². The zero-order chi connectivity index (χ0) is 18.1. The van der Waals surface area contributed by atoms with E-state index in [0.717, 1.165) is 57.3 Å². The van der Waals surface area contributed by atoms with Gasteiger partial charge in [0.1, 0.15) is 0 Å². The Balaban J connectivity index is 1.53. The molecule has 2 heterocycles. The number of nitrogens with zero attached hydrogens (tertiary/aromatic N) is 2. The third kappa shape index (κ3) is 3.37.